The van der Waals surface area contributed by atoms with Gasteiger partial charge in [-0.1, -0.05) is 0 Å². The molecule has 0 radical (unpaired) electrons. The summed E-state index contributed by atoms with van der Waals surface area (Å²) in [5.74, 6) is -0.957. The van der Waals surface area contributed by atoms with Gasteiger partial charge in [-0.2, -0.15) is 0 Å². The highest BCUT2D eigenvalue weighted by Crippen LogP contribution is 2.32. The number of pyridine rings is 1. The van der Waals surface area contributed by atoms with Crippen LogP contribution in [0.1, 0.15) is 16.1 Å². The lowest BCUT2D eigenvalue weighted by Gasteiger charge is -2.12. The lowest BCUT2D eigenvalue weighted by molar-refractivity contribution is -0.386. The highest BCUT2D eigenvalue weighted by Gasteiger charge is 2.34. The number of aldehydes is 1. The second-order valence-corrected chi connectivity index (χ2v) is 2.91. The molecular weight excluding hydrogens is 245 g/mol. The summed E-state index contributed by atoms with van der Waals surface area (Å²) in [5.41, 5.74) is -1.72. The van der Waals surface area contributed by atoms with E-state index in [9.17, 15) is 28.1 Å². The van der Waals surface area contributed by atoms with Crippen LogP contribution in [-0.2, 0) is 0 Å². The zero-order valence-electron chi connectivity index (χ0n) is 8.32. The molecule has 1 aromatic heterocycles. The molecule has 0 saturated carbocycles. The van der Waals surface area contributed by atoms with Gasteiger partial charge in [0.1, 0.15) is 11.9 Å². The minimum Gasteiger partial charge on any atom is -0.403 e. The molecule has 92 valence electrons. The molecule has 0 amide bonds. The van der Waals surface area contributed by atoms with Crippen molar-refractivity contribution >= 4 is 12.0 Å². The van der Waals surface area contributed by atoms with E-state index in [0.717, 1.165) is 6.92 Å². The van der Waals surface area contributed by atoms with Gasteiger partial charge >= 0.3 is 6.36 Å². The minimum absolute atomic E-state index is 0.0256. The highest BCUT2D eigenvalue weighted by molar-refractivity contribution is 5.78. The molecule has 0 N–H and O–H groups in total. The first-order chi connectivity index (χ1) is 7.76. The summed E-state index contributed by atoms with van der Waals surface area (Å²) >= 11 is 0. The maximum Gasteiger partial charge on any atom is 0.573 e. The van der Waals surface area contributed by atoms with Crippen LogP contribution < -0.4 is 4.74 Å². The van der Waals surface area contributed by atoms with Gasteiger partial charge in [0, 0.05) is 0 Å². The van der Waals surface area contributed by atoms with Crippen molar-refractivity contribution in [2.45, 2.75) is 13.3 Å². The maximum absolute atomic E-state index is 12.0. The van der Waals surface area contributed by atoms with Crippen LogP contribution in [0.15, 0.2) is 6.20 Å². The second kappa shape index (κ2) is 4.36. The van der Waals surface area contributed by atoms with Crippen molar-refractivity contribution < 1.29 is 27.6 Å². The first-order valence-corrected chi connectivity index (χ1v) is 4.11. The summed E-state index contributed by atoms with van der Waals surface area (Å²) in [6.07, 6.45) is -4.33. The minimum atomic E-state index is -5.06. The van der Waals surface area contributed by atoms with Gasteiger partial charge in [-0.15, -0.1) is 13.2 Å². The van der Waals surface area contributed by atoms with E-state index in [-0.39, 0.29) is 6.29 Å². The molecule has 0 aliphatic rings. The topological polar surface area (TPSA) is 82.3 Å². The van der Waals surface area contributed by atoms with Crippen molar-refractivity contribution in [3.8, 4) is 5.75 Å². The van der Waals surface area contributed by atoms with E-state index < -0.39 is 34.0 Å². The molecule has 0 aliphatic heterocycles. The van der Waals surface area contributed by atoms with Crippen molar-refractivity contribution in [2.24, 2.45) is 0 Å². The summed E-state index contributed by atoms with van der Waals surface area (Å²) in [6.45, 7) is 1.04. The number of aromatic nitrogens is 1. The lowest BCUT2D eigenvalue weighted by Crippen LogP contribution is -2.19. The molecule has 1 rings (SSSR count). The molecule has 0 aliphatic carbocycles. The van der Waals surface area contributed by atoms with Crippen LogP contribution >= 0.6 is 0 Å². The average molecular weight is 250 g/mol. The molecule has 6 nitrogen and oxygen atoms in total. The molecule has 0 bridgehead atoms. The molecule has 17 heavy (non-hydrogen) atoms. The van der Waals surface area contributed by atoms with E-state index in [4.69, 9.17) is 0 Å². The number of nitro groups is 1. The fourth-order valence-electron chi connectivity index (χ4n) is 1.11. The van der Waals surface area contributed by atoms with Crippen LogP contribution in [0.4, 0.5) is 18.9 Å². The molecule has 9 heteroatoms. The third-order valence-corrected chi connectivity index (χ3v) is 1.81. The van der Waals surface area contributed by atoms with Gasteiger partial charge in [0.25, 0.3) is 5.69 Å². The van der Waals surface area contributed by atoms with Crippen molar-refractivity contribution in [3.63, 3.8) is 0 Å². The molecule has 0 aromatic carbocycles. The average Bonchev–Trinajstić information content (AvgIpc) is 2.18. The fourth-order valence-corrected chi connectivity index (χ4v) is 1.11. The zero-order valence-corrected chi connectivity index (χ0v) is 8.32. The second-order valence-electron chi connectivity index (χ2n) is 2.91. The number of nitrogens with zero attached hydrogens (tertiary/aromatic N) is 2. The summed E-state index contributed by atoms with van der Waals surface area (Å²) < 4.78 is 39.7. The highest BCUT2D eigenvalue weighted by atomic mass is 19.4. The largest absolute Gasteiger partial charge is 0.573 e. The summed E-state index contributed by atoms with van der Waals surface area (Å²) in [7, 11) is 0. The van der Waals surface area contributed by atoms with Gasteiger partial charge in [0.2, 0.25) is 0 Å². The lowest BCUT2D eigenvalue weighted by atomic mass is 10.2. The molecular formula is C8H5F3N2O4. The number of carbonyl (C=O) groups is 1. The van der Waals surface area contributed by atoms with E-state index >= 15 is 0 Å². The Bertz CT molecular complexity index is 473. The predicted molar refractivity (Wildman–Crippen MR) is 47.7 cm³/mol. The van der Waals surface area contributed by atoms with E-state index in [1.165, 1.54) is 0 Å². The number of carbonyl (C=O) groups excluding carboxylic acids is 1. The Labute approximate surface area is 92.2 Å². The van der Waals surface area contributed by atoms with Crippen LogP contribution in [0.2, 0.25) is 0 Å². The predicted octanol–water partition coefficient (Wildman–Crippen LogP) is 2.01. The van der Waals surface area contributed by atoms with Crippen LogP contribution in [0.5, 0.6) is 5.75 Å². The molecule has 0 saturated heterocycles. The van der Waals surface area contributed by atoms with Gasteiger partial charge < -0.3 is 4.74 Å². The molecule has 0 fully saturated rings. The summed E-state index contributed by atoms with van der Waals surface area (Å²) in [4.78, 5) is 23.3. The van der Waals surface area contributed by atoms with Crippen LogP contribution in [0, 0.1) is 17.0 Å². The number of hydrogen-bond acceptors (Lipinski definition) is 5. The number of rotatable bonds is 3. The van der Waals surface area contributed by atoms with E-state index in [2.05, 4.69) is 9.72 Å². The molecule has 0 spiro atoms. The molecule has 1 heterocycles. The van der Waals surface area contributed by atoms with Gasteiger partial charge in [-0.3, -0.25) is 14.9 Å². The van der Waals surface area contributed by atoms with Crippen molar-refractivity contribution in [2.75, 3.05) is 0 Å². The summed E-state index contributed by atoms with van der Waals surface area (Å²) in [5, 5.41) is 10.5. The Kier molecular flexibility index (Phi) is 3.30. The smallest absolute Gasteiger partial charge is 0.403 e. The number of hydrogen-bond donors (Lipinski definition) is 0. The third-order valence-electron chi connectivity index (χ3n) is 1.81. The van der Waals surface area contributed by atoms with Gasteiger partial charge in [0.15, 0.2) is 12.0 Å². The SMILES string of the molecule is Cc1c([N+](=O)[O-])cnc(C=O)c1OC(F)(F)F. The zero-order chi connectivity index (χ0) is 13.2. The van der Waals surface area contributed by atoms with E-state index in [1.54, 1.807) is 0 Å². The Morgan fingerprint density at radius 3 is 2.53 bits per heavy atom. The number of ether oxygens (including phenoxy) is 1. The van der Waals surface area contributed by atoms with Crippen molar-refractivity contribution in [3.05, 3.63) is 27.6 Å². The Balaban J connectivity index is 3.37. The summed E-state index contributed by atoms with van der Waals surface area (Å²) in [6, 6.07) is 0. The molecule has 0 unspecified atom stereocenters. The Morgan fingerprint density at radius 1 is 1.53 bits per heavy atom. The molecule has 1 aromatic rings. The Morgan fingerprint density at radius 2 is 2.12 bits per heavy atom. The van der Waals surface area contributed by atoms with E-state index in [1.807, 2.05) is 0 Å². The standard InChI is InChI=1S/C8H5F3N2O4/c1-4-6(13(15)16)2-12-5(3-14)7(4)17-8(9,10)11/h2-3H,1H3. The van der Waals surface area contributed by atoms with Crippen molar-refractivity contribution in [1.82, 2.24) is 4.98 Å². The van der Waals surface area contributed by atoms with Crippen molar-refractivity contribution in [1.29, 1.82) is 0 Å². The van der Waals surface area contributed by atoms with Gasteiger partial charge in [-0.05, 0) is 6.92 Å². The fraction of sp³-hybridized carbons (Fsp3) is 0.250. The van der Waals surface area contributed by atoms with E-state index in [0.29, 0.717) is 6.20 Å². The van der Waals surface area contributed by atoms with Crippen LogP contribution in [0.25, 0.3) is 0 Å². The quantitative estimate of drug-likeness (QED) is 0.465. The number of alkyl halides is 3. The number of halogens is 3. The van der Waals surface area contributed by atoms with Crippen LogP contribution in [0.3, 0.4) is 0 Å². The maximum atomic E-state index is 12.0. The monoisotopic (exact) mass is 250 g/mol. The first-order valence-electron chi connectivity index (χ1n) is 4.11. The first kappa shape index (κ1) is 12.9. The van der Waals surface area contributed by atoms with Gasteiger partial charge in [-0.25, -0.2) is 4.98 Å². The Hall–Kier alpha value is -2.19. The third kappa shape index (κ3) is 2.89. The molecule has 0 atom stereocenters. The normalized spacial score (nSPS) is 11.1. The van der Waals surface area contributed by atoms with Gasteiger partial charge in [0.05, 0.1) is 10.5 Å². The van der Waals surface area contributed by atoms with Crippen LogP contribution in [-0.4, -0.2) is 22.6 Å².